The minimum absolute atomic E-state index is 0.397. The third-order valence-electron chi connectivity index (χ3n) is 5.54. The van der Waals surface area contributed by atoms with Crippen LogP contribution in [0, 0.1) is 0 Å². The number of imidazole rings is 1. The molecule has 0 bridgehead atoms. The number of hydrogen-bond acceptors (Lipinski definition) is 6. The molecule has 3 aromatic rings. The van der Waals surface area contributed by atoms with Gasteiger partial charge in [0.2, 0.25) is 5.95 Å². The molecule has 2 N–H and O–H groups in total. The van der Waals surface area contributed by atoms with Crippen molar-refractivity contribution in [2.75, 3.05) is 33.0 Å². The second-order valence-corrected chi connectivity index (χ2v) is 7.31. The fraction of sp³-hybridized carbons (Fsp3) is 0.364. The van der Waals surface area contributed by atoms with Gasteiger partial charge in [0.25, 0.3) is 0 Å². The first-order chi connectivity index (χ1) is 14.1. The van der Waals surface area contributed by atoms with Gasteiger partial charge in [-0.25, -0.2) is 9.78 Å². The summed E-state index contributed by atoms with van der Waals surface area (Å²) in [6.07, 6.45) is 2.04. The molecule has 29 heavy (non-hydrogen) atoms. The molecule has 7 heteroatoms. The van der Waals surface area contributed by atoms with Crippen molar-refractivity contribution in [1.29, 1.82) is 0 Å². The van der Waals surface area contributed by atoms with Gasteiger partial charge >= 0.3 is 5.97 Å². The van der Waals surface area contributed by atoms with E-state index in [1.54, 1.807) is 19.2 Å². The van der Waals surface area contributed by atoms with Crippen LogP contribution in [0.3, 0.4) is 0 Å². The van der Waals surface area contributed by atoms with E-state index in [1.165, 1.54) is 18.2 Å². The van der Waals surface area contributed by atoms with E-state index in [0.29, 0.717) is 22.8 Å². The molecule has 1 aliphatic rings. The molecule has 4 rings (SSSR count). The normalized spacial score (nSPS) is 14.0. The number of aryl methyl sites for hydroxylation is 1. The van der Waals surface area contributed by atoms with Crippen LogP contribution >= 0.6 is 0 Å². The lowest BCUT2D eigenvalue weighted by Crippen LogP contribution is -2.31. The van der Waals surface area contributed by atoms with Crippen LogP contribution in [0.4, 0.5) is 5.95 Å². The molecule has 2 aromatic carbocycles. The van der Waals surface area contributed by atoms with Crippen LogP contribution in [0.15, 0.2) is 36.4 Å². The van der Waals surface area contributed by atoms with E-state index in [0.717, 1.165) is 44.5 Å². The quantitative estimate of drug-likeness (QED) is 0.648. The summed E-state index contributed by atoms with van der Waals surface area (Å²) in [5, 5.41) is 0. The third kappa shape index (κ3) is 3.78. The van der Waals surface area contributed by atoms with Gasteiger partial charge < -0.3 is 19.8 Å². The van der Waals surface area contributed by atoms with E-state index >= 15 is 0 Å². The van der Waals surface area contributed by atoms with Crippen LogP contribution < -0.4 is 10.5 Å². The number of rotatable bonds is 6. The molecule has 0 unspecified atom stereocenters. The van der Waals surface area contributed by atoms with Gasteiger partial charge in [0.15, 0.2) is 0 Å². The molecular weight excluding hydrogens is 368 g/mol. The Morgan fingerprint density at radius 2 is 1.97 bits per heavy atom. The number of hydrogen-bond donors (Lipinski definition) is 1. The smallest absolute Gasteiger partial charge is 0.338 e. The highest BCUT2D eigenvalue weighted by Gasteiger charge is 2.19. The Morgan fingerprint density at radius 3 is 2.72 bits per heavy atom. The summed E-state index contributed by atoms with van der Waals surface area (Å²) in [6, 6.07) is 12.0. The maximum Gasteiger partial charge on any atom is 0.338 e. The standard InChI is InChI=1S/C22H26N4O3/c1-28-19-13-17(21(27)29-2)12-18-20(19)26(22(23)24-18)10-5-9-25-11-8-15-6-3-4-7-16(15)14-25/h3-4,6-7,12-13H,5,8-11,14H2,1-2H3,(H2,23,24). The number of nitrogens with two attached hydrogens (primary N) is 1. The third-order valence-corrected chi connectivity index (χ3v) is 5.54. The number of fused-ring (bicyclic) bond motifs is 2. The number of nitrogens with zero attached hydrogens (tertiary/aromatic N) is 3. The Bertz CT molecular complexity index is 1040. The van der Waals surface area contributed by atoms with Crippen molar-refractivity contribution < 1.29 is 14.3 Å². The number of esters is 1. The van der Waals surface area contributed by atoms with E-state index in [9.17, 15) is 4.79 Å². The van der Waals surface area contributed by atoms with Crippen molar-refractivity contribution in [3.8, 4) is 5.75 Å². The van der Waals surface area contributed by atoms with Gasteiger partial charge in [-0.1, -0.05) is 24.3 Å². The van der Waals surface area contributed by atoms with Crippen molar-refractivity contribution in [3.05, 3.63) is 53.1 Å². The second-order valence-electron chi connectivity index (χ2n) is 7.31. The fourth-order valence-corrected chi connectivity index (χ4v) is 4.06. The van der Waals surface area contributed by atoms with Crippen molar-refractivity contribution in [3.63, 3.8) is 0 Å². The Labute approximate surface area is 170 Å². The average Bonchev–Trinajstić information content (AvgIpc) is 3.07. The first-order valence-electron chi connectivity index (χ1n) is 9.82. The lowest BCUT2D eigenvalue weighted by atomic mass is 10.00. The van der Waals surface area contributed by atoms with Crippen molar-refractivity contribution in [2.45, 2.75) is 25.9 Å². The molecule has 1 aliphatic heterocycles. The zero-order chi connectivity index (χ0) is 20.4. The number of anilines is 1. The fourth-order valence-electron chi connectivity index (χ4n) is 4.06. The van der Waals surface area contributed by atoms with Gasteiger partial charge in [0.1, 0.15) is 11.3 Å². The topological polar surface area (TPSA) is 82.6 Å². The lowest BCUT2D eigenvalue weighted by Gasteiger charge is -2.28. The molecule has 2 heterocycles. The Morgan fingerprint density at radius 1 is 1.17 bits per heavy atom. The number of carbonyl (C=O) groups excluding carboxylic acids is 1. The van der Waals surface area contributed by atoms with Gasteiger partial charge in [-0.2, -0.15) is 0 Å². The van der Waals surface area contributed by atoms with Crippen LogP contribution in [0.5, 0.6) is 5.75 Å². The van der Waals surface area contributed by atoms with Gasteiger partial charge in [-0.3, -0.25) is 4.90 Å². The first-order valence-corrected chi connectivity index (χ1v) is 9.82. The molecule has 0 spiro atoms. The monoisotopic (exact) mass is 394 g/mol. The van der Waals surface area contributed by atoms with Gasteiger partial charge in [0, 0.05) is 26.2 Å². The maximum absolute atomic E-state index is 11.9. The highest BCUT2D eigenvalue weighted by Crippen LogP contribution is 2.30. The molecule has 7 nitrogen and oxygen atoms in total. The second kappa shape index (κ2) is 8.13. The number of ether oxygens (including phenoxy) is 2. The van der Waals surface area contributed by atoms with Crippen molar-refractivity contribution in [2.24, 2.45) is 0 Å². The summed E-state index contributed by atoms with van der Waals surface area (Å²) in [6.45, 7) is 3.77. The van der Waals surface area contributed by atoms with E-state index < -0.39 is 5.97 Å². The highest BCUT2D eigenvalue weighted by atomic mass is 16.5. The minimum Gasteiger partial charge on any atom is -0.494 e. The summed E-state index contributed by atoms with van der Waals surface area (Å²) >= 11 is 0. The van der Waals surface area contributed by atoms with Crippen LogP contribution in [0.2, 0.25) is 0 Å². The molecule has 0 fully saturated rings. The number of benzene rings is 2. The predicted octanol–water partition coefficient (Wildman–Crippen LogP) is 2.86. The number of methoxy groups -OCH3 is 2. The lowest BCUT2D eigenvalue weighted by molar-refractivity contribution is 0.0600. The van der Waals surface area contributed by atoms with Crippen LogP contribution in [-0.4, -0.2) is 47.7 Å². The van der Waals surface area contributed by atoms with Crippen molar-refractivity contribution in [1.82, 2.24) is 14.5 Å². The van der Waals surface area contributed by atoms with Crippen LogP contribution in [0.1, 0.15) is 27.9 Å². The van der Waals surface area contributed by atoms with Crippen LogP contribution in [-0.2, 0) is 24.2 Å². The van der Waals surface area contributed by atoms with Gasteiger partial charge in [0.05, 0.1) is 25.3 Å². The Balaban J connectivity index is 1.50. The average molecular weight is 394 g/mol. The van der Waals surface area contributed by atoms with Gasteiger partial charge in [-0.15, -0.1) is 0 Å². The molecule has 0 amide bonds. The number of carbonyl (C=O) groups is 1. The Kier molecular flexibility index (Phi) is 5.40. The molecule has 0 saturated carbocycles. The minimum atomic E-state index is -0.427. The molecule has 0 radical (unpaired) electrons. The summed E-state index contributed by atoms with van der Waals surface area (Å²) in [5.41, 5.74) is 10.9. The molecule has 0 saturated heterocycles. The molecule has 0 aliphatic carbocycles. The predicted molar refractivity (Wildman–Crippen MR) is 112 cm³/mol. The SMILES string of the molecule is COC(=O)c1cc(OC)c2c(c1)nc(N)n2CCCN1CCc2ccccc2C1. The van der Waals surface area contributed by atoms with E-state index in [2.05, 4.69) is 34.1 Å². The summed E-state index contributed by atoms with van der Waals surface area (Å²) < 4.78 is 12.3. The first kappa shape index (κ1) is 19.3. The molecule has 1 aromatic heterocycles. The van der Waals surface area contributed by atoms with Gasteiger partial charge in [-0.05, 0) is 36.1 Å². The van der Waals surface area contributed by atoms with E-state index in [1.807, 2.05) is 4.57 Å². The molecule has 0 atom stereocenters. The van der Waals surface area contributed by atoms with E-state index in [-0.39, 0.29) is 0 Å². The molecular formula is C22H26N4O3. The summed E-state index contributed by atoms with van der Waals surface area (Å²) in [7, 11) is 2.93. The van der Waals surface area contributed by atoms with E-state index in [4.69, 9.17) is 15.2 Å². The largest absolute Gasteiger partial charge is 0.494 e. The van der Waals surface area contributed by atoms with Crippen LogP contribution in [0.25, 0.3) is 11.0 Å². The zero-order valence-electron chi connectivity index (χ0n) is 16.9. The number of aromatic nitrogens is 2. The summed E-state index contributed by atoms with van der Waals surface area (Å²) in [5.74, 6) is 0.562. The van der Waals surface area contributed by atoms with Crippen molar-refractivity contribution >= 4 is 23.0 Å². The summed E-state index contributed by atoms with van der Waals surface area (Å²) in [4.78, 5) is 18.8. The number of nitrogen functional groups attached to an aromatic ring is 1. The zero-order valence-corrected chi connectivity index (χ0v) is 16.9. The maximum atomic E-state index is 11.9. The molecule has 152 valence electrons. The highest BCUT2D eigenvalue weighted by molar-refractivity contribution is 5.96. The Hall–Kier alpha value is -3.06.